The van der Waals surface area contributed by atoms with Crippen molar-refractivity contribution in [1.29, 1.82) is 0 Å². The number of nitrogens with one attached hydrogen (secondary N) is 1. The van der Waals surface area contributed by atoms with E-state index in [1.807, 2.05) is 39.0 Å². The Balaban J connectivity index is 1.96. The number of aryl methyl sites for hydroxylation is 1. The zero-order valence-electron chi connectivity index (χ0n) is 14.2. The van der Waals surface area contributed by atoms with Crippen LogP contribution < -0.4 is 5.32 Å². The summed E-state index contributed by atoms with van der Waals surface area (Å²) in [6.45, 7) is 10.3. The van der Waals surface area contributed by atoms with Gasteiger partial charge in [0.1, 0.15) is 5.78 Å². The number of Topliss-reactive ketones (excluding diaryl/α,β-unsaturated/α-hetero) is 1. The van der Waals surface area contributed by atoms with Crippen molar-refractivity contribution in [3.8, 4) is 0 Å². The summed E-state index contributed by atoms with van der Waals surface area (Å²) in [6.07, 6.45) is 2.01. The van der Waals surface area contributed by atoms with Crippen molar-refractivity contribution in [3.05, 3.63) is 29.3 Å². The fraction of sp³-hybridized carbons (Fsp3) is 0.579. The molecule has 2 bridgehead atoms. The van der Waals surface area contributed by atoms with Crippen molar-refractivity contribution >= 4 is 17.4 Å². The second-order valence-electron chi connectivity index (χ2n) is 7.84. The van der Waals surface area contributed by atoms with Crippen LogP contribution in [0.25, 0.3) is 0 Å². The quantitative estimate of drug-likeness (QED) is 0.896. The van der Waals surface area contributed by atoms with Gasteiger partial charge in [-0.15, -0.1) is 0 Å². The molecule has 2 aliphatic carbocycles. The van der Waals surface area contributed by atoms with Crippen molar-refractivity contribution < 1.29 is 9.59 Å². The van der Waals surface area contributed by atoms with Gasteiger partial charge in [-0.05, 0) is 49.3 Å². The van der Waals surface area contributed by atoms with Gasteiger partial charge in [0.25, 0.3) is 0 Å². The molecule has 3 rings (SSSR count). The Kier molecular flexibility index (Phi) is 3.08. The van der Waals surface area contributed by atoms with E-state index >= 15 is 0 Å². The Labute approximate surface area is 132 Å². The number of hydrogen-bond donors (Lipinski definition) is 1. The molecule has 3 heteroatoms. The molecule has 2 atom stereocenters. The van der Waals surface area contributed by atoms with Gasteiger partial charge in [0, 0.05) is 17.5 Å². The van der Waals surface area contributed by atoms with Gasteiger partial charge >= 0.3 is 0 Å². The van der Waals surface area contributed by atoms with E-state index in [9.17, 15) is 9.59 Å². The number of amides is 1. The molecule has 0 heterocycles. The van der Waals surface area contributed by atoms with Crippen LogP contribution in [0.5, 0.6) is 0 Å². The predicted octanol–water partition coefficient (Wildman–Crippen LogP) is 4.03. The fourth-order valence-electron chi connectivity index (χ4n) is 4.49. The van der Waals surface area contributed by atoms with E-state index in [0.29, 0.717) is 6.42 Å². The van der Waals surface area contributed by atoms with Crippen molar-refractivity contribution in [2.45, 2.75) is 53.9 Å². The lowest BCUT2D eigenvalue weighted by atomic mass is 9.64. The third-order valence-electron chi connectivity index (χ3n) is 6.99. The molecule has 0 spiro atoms. The van der Waals surface area contributed by atoms with Gasteiger partial charge in [-0.25, -0.2) is 0 Å². The highest BCUT2D eigenvalue weighted by Gasteiger charge is 2.72. The molecule has 2 saturated carbocycles. The van der Waals surface area contributed by atoms with Gasteiger partial charge in [0.15, 0.2) is 0 Å². The largest absolute Gasteiger partial charge is 0.325 e. The van der Waals surface area contributed by atoms with Gasteiger partial charge in [0.05, 0.1) is 5.41 Å². The molecular formula is C19H25NO2. The van der Waals surface area contributed by atoms with E-state index in [1.165, 1.54) is 0 Å². The molecule has 1 amide bonds. The summed E-state index contributed by atoms with van der Waals surface area (Å²) in [5.41, 5.74) is 1.91. The van der Waals surface area contributed by atoms with Crippen molar-refractivity contribution in [3.63, 3.8) is 0 Å². The first-order valence-corrected chi connectivity index (χ1v) is 8.07. The molecule has 1 aromatic carbocycles. The van der Waals surface area contributed by atoms with E-state index in [2.05, 4.69) is 19.2 Å². The third kappa shape index (κ3) is 1.62. The smallest absolute Gasteiger partial charge is 0.231 e. The van der Waals surface area contributed by atoms with Crippen LogP contribution in [-0.4, -0.2) is 11.7 Å². The maximum atomic E-state index is 13.1. The molecule has 3 nitrogen and oxygen atoms in total. The minimum absolute atomic E-state index is 0.0146. The fourth-order valence-corrected chi connectivity index (χ4v) is 4.49. The summed E-state index contributed by atoms with van der Waals surface area (Å²) in [6, 6.07) is 5.94. The molecule has 0 saturated heterocycles. The van der Waals surface area contributed by atoms with Crippen LogP contribution in [-0.2, 0) is 9.59 Å². The maximum absolute atomic E-state index is 13.1. The minimum atomic E-state index is -0.560. The first-order chi connectivity index (χ1) is 10.2. The average Bonchev–Trinajstić information content (AvgIpc) is 2.74. The molecule has 2 aliphatic rings. The molecule has 0 aliphatic heterocycles. The van der Waals surface area contributed by atoms with Crippen LogP contribution in [0.15, 0.2) is 18.2 Å². The first kappa shape index (κ1) is 15.3. The normalized spacial score (nSPS) is 32.3. The van der Waals surface area contributed by atoms with Crippen LogP contribution in [0.1, 0.15) is 51.2 Å². The number of hydrogen-bond acceptors (Lipinski definition) is 2. The summed E-state index contributed by atoms with van der Waals surface area (Å²) in [4.78, 5) is 25.6. The number of carbonyl (C=O) groups excluding carboxylic acids is 2. The van der Waals surface area contributed by atoms with Crippen LogP contribution >= 0.6 is 0 Å². The van der Waals surface area contributed by atoms with Crippen LogP contribution in [0, 0.1) is 30.1 Å². The van der Waals surface area contributed by atoms with Crippen LogP contribution in [0.3, 0.4) is 0 Å². The molecular weight excluding hydrogens is 274 g/mol. The molecule has 0 aromatic heterocycles. The van der Waals surface area contributed by atoms with Gasteiger partial charge in [-0.3, -0.25) is 9.59 Å². The molecule has 2 fully saturated rings. The number of rotatable bonds is 2. The molecule has 118 valence electrons. The Morgan fingerprint density at radius 3 is 2.36 bits per heavy atom. The Hall–Kier alpha value is -1.64. The summed E-state index contributed by atoms with van der Waals surface area (Å²) in [5, 5.41) is 3.11. The lowest BCUT2D eigenvalue weighted by molar-refractivity contribution is -0.131. The number of carbonyl (C=O) groups is 2. The summed E-state index contributed by atoms with van der Waals surface area (Å²) in [7, 11) is 0. The van der Waals surface area contributed by atoms with Crippen molar-refractivity contribution in [1.82, 2.24) is 0 Å². The number of fused-ring (bicyclic) bond motifs is 2. The van der Waals surface area contributed by atoms with Gasteiger partial charge < -0.3 is 5.32 Å². The third-order valence-corrected chi connectivity index (χ3v) is 6.99. The van der Waals surface area contributed by atoms with Gasteiger partial charge in [-0.1, -0.05) is 32.9 Å². The zero-order chi connectivity index (χ0) is 16.3. The molecule has 22 heavy (non-hydrogen) atoms. The van der Waals surface area contributed by atoms with E-state index < -0.39 is 5.41 Å². The van der Waals surface area contributed by atoms with E-state index in [1.54, 1.807) is 0 Å². The monoisotopic (exact) mass is 299 g/mol. The lowest BCUT2D eigenvalue weighted by Crippen LogP contribution is -2.43. The SMILES string of the molecule is Cc1cccc(NC(=O)C23CCC(C)(C(=O)C2)C3(C)C)c1C. The van der Waals surface area contributed by atoms with Gasteiger partial charge in [-0.2, -0.15) is 0 Å². The highest BCUT2D eigenvalue weighted by molar-refractivity contribution is 6.04. The molecule has 1 aromatic rings. The average molecular weight is 299 g/mol. The first-order valence-electron chi connectivity index (χ1n) is 8.07. The van der Waals surface area contributed by atoms with E-state index in [-0.39, 0.29) is 22.5 Å². The second kappa shape index (κ2) is 4.43. The van der Waals surface area contributed by atoms with Crippen LogP contribution in [0.2, 0.25) is 0 Å². The van der Waals surface area contributed by atoms with Crippen LogP contribution in [0.4, 0.5) is 5.69 Å². The van der Waals surface area contributed by atoms with Crippen molar-refractivity contribution in [2.75, 3.05) is 5.32 Å². The topological polar surface area (TPSA) is 46.2 Å². The molecule has 2 unspecified atom stereocenters. The summed E-state index contributed by atoms with van der Waals surface area (Å²) >= 11 is 0. The van der Waals surface area contributed by atoms with Crippen molar-refractivity contribution in [2.24, 2.45) is 16.2 Å². The summed E-state index contributed by atoms with van der Waals surface area (Å²) in [5.74, 6) is 0.264. The Morgan fingerprint density at radius 2 is 1.82 bits per heavy atom. The van der Waals surface area contributed by atoms with Gasteiger partial charge in [0.2, 0.25) is 5.91 Å². The maximum Gasteiger partial charge on any atom is 0.231 e. The number of anilines is 1. The minimum Gasteiger partial charge on any atom is -0.325 e. The predicted molar refractivity (Wildman–Crippen MR) is 87.7 cm³/mol. The lowest BCUT2D eigenvalue weighted by Gasteiger charge is -2.38. The second-order valence-corrected chi connectivity index (χ2v) is 7.84. The molecule has 0 radical (unpaired) electrons. The van der Waals surface area contributed by atoms with E-state index in [4.69, 9.17) is 0 Å². The summed E-state index contributed by atoms with van der Waals surface area (Å²) < 4.78 is 0. The number of benzene rings is 1. The molecule has 1 N–H and O–H groups in total. The Bertz CT molecular complexity index is 676. The zero-order valence-corrected chi connectivity index (χ0v) is 14.2. The van der Waals surface area contributed by atoms with E-state index in [0.717, 1.165) is 29.7 Å². The highest BCUT2D eigenvalue weighted by atomic mass is 16.2. The standard InChI is InChI=1S/C19H25NO2/c1-12-7-6-8-14(13(12)2)20-16(22)19-10-9-18(5,15(21)11-19)17(19,3)4/h6-8H,9-11H2,1-5H3,(H,20,22). The Morgan fingerprint density at radius 1 is 1.14 bits per heavy atom. The number of ketones is 1. The highest BCUT2D eigenvalue weighted by Crippen LogP contribution is 2.70.